The van der Waals surface area contributed by atoms with Crippen molar-refractivity contribution < 1.29 is 0 Å². The summed E-state index contributed by atoms with van der Waals surface area (Å²) < 4.78 is 0. The van der Waals surface area contributed by atoms with Crippen LogP contribution >= 0.6 is 0 Å². The van der Waals surface area contributed by atoms with Crippen LogP contribution in [-0.4, -0.2) is 37.6 Å². The zero-order valence-corrected chi connectivity index (χ0v) is 12.0. The van der Waals surface area contributed by atoms with E-state index in [9.17, 15) is 0 Å². The van der Waals surface area contributed by atoms with E-state index in [1.54, 1.807) is 0 Å². The smallest absolute Gasteiger partial charge is 0.0166 e. The van der Waals surface area contributed by atoms with Crippen LogP contribution in [0.1, 0.15) is 25.3 Å². The summed E-state index contributed by atoms with van der Waals surface area (Å²) in [6, 6.07) is 10.6. The van der Waals surface area contributed by atoms with Gasteiger partial charge in [-0.15, -0.1) is 0 Å². The van der Waals surface area contributed by atoms with Crippen LogP contribution in [0.3, 0.4) is 0 Å². The highest BCUT2D eigenvalue weighted by Gasteiger charge is 2.18. The first-order valence-corrected chi connectivity index (χ1v) is 7.53. The lowest BCUT2D eigenvalue weighted by Crippen LogP contribution is -2.39. The van der Waals surface area contributed by atoms with Gasteiger partial charge < -0.3 is 5.32 Å². The predicted octanol–water partition coefficient (Wildman–Crippen LogP) is 3.02. The number of nitrogens with zero attached hydrogens (tertiary/aromatic N) is 1. The van der Waals surface area contributed by atoms with Crippen molar-refractivity contribution in [3.63, 3.8) is 0 Å². The lowest BCUT2D eigenvalue weighted by molar-refractivity contribution is 0.189. The summed E-state index contributed by atoms with van der Waals surface area (Å²) in [5.41, 5.74) is 1.30. The van der Waals surface area contributed by atoms with Gasteiger partial charge in [-0.2, -0.15) is 0 Å². The molecule has 104 valence electrons. The van der Waals surface area contributed by atoms with Crippen molar-refractivity contribution in [1.82, 2.24) is 10.2 Å². The molecular weight excluding hydrogens is 232 g/mol. The molecule has 1 aliphatic heterocycles. The average molecular weight is 258 g/mol. The number of piperidine rings is 1. The number of likely N-dealkylation sites (tertiary alicyclic amines) is 1. The van der Waals surface area contributed by atoms with Crippen LogP contribution in [-0.2, 0) is 0 Å². The van der Waals surface area contributed by atoms with Crippen LogP contribution in [0.25, 0.3) is 6.08 Å². The highest BCUT2D eigenvalue weighted by Crippen LogP contribution is 2.15. The molecule has 1 aliphatic rings. The Morgan fingerprint density at radius 3 is 2.95 bits per heavy atom. The summed E-state index contributed by atoms with van der Waals surface area (Å²) in [7, 11) is 0. The summed E-state index contributed by atoms with van der Waals surface area (Å²) in [5.74, 6) is 0.832. The molecule has 1 aromatic carbocycles. The molecule has 1 aromatic rings. The second-order valence-corrected chi connectivity index (χ2v) is 5.39. The first kappa shape index (κ1) is 14.3. The van der Waals surface area contributed by atoms with Gasteiger partial charge in [0.15, 0.2) is 0 Å². The maximum Gasteiger partial charge on any atom is 0.0166 e. The number of rotatable bonds is 6. The van der Waals surface area contributed by atoms with Crippen LogP contribution in [0, 0.1) is 5.92 Å². The van der Waals surface area contributed by atoms with Gasteiger partial charge in [0.1, 0.15) is 0 Å². The SMILES string of the molecule is CCNCC1CCCN(CC=Cc2ccccc2)C1. The topological polar surface area (TPSA) is 15.3 Å². The zero-order valence-electron chi connectivity index (χ0n) is 12.0. The normalized spacial score (nSPS) is 21.0. The molecule has 0 radical (unpaired) electrons. The summed E-state index contributed by atoms with van der Waals surface area (Å²) in [6.45, 7) is 8.02. The minimum atomic E-state index is 0.832. The summed E-state index contributed by atoms with van der Waals surface area (Å²) in [4.78, 5) is 2.57. The van der Waals surface area contributed by atoms with Gasteiger partial charge in [0.25, 0.3) is 0 Å². The van der Waals surface area contributed by atoms with Crippen LogP contribution in [0.15, 0.2) is 36.4 Å². The molecule has 1 atom stereocenters. The lowest BCUT2D eigenvalue weighted by atomic mass is 9.98. The standard InChI is InChI=1S/C17H26N2/c1-2-18-14-17-11-7-13-19(15-17)12-6-10-16-8-4-3-5-9-16/h3-6,8-10,17-18H,2,7,11-15H2,1H3. The summed E-state index contributed by atoms with van der Waals surface area (Å²) in [6.07, 6.45) is 7.25. The van der Waals surface area contributed by atoms with Crippen molar-refractivity contribution in [2.75, 3.05) is 32.7 Å². The molecule has 2 nitrogen and oxygen atoms in total. The Morgan fingerprint density at radius 2 is 2.16 bits per heavy atom. The maximum absolute atomic E-state index is 3.48. The van der Waals surface area contributed by atoms with E-state index in [0.717, 1.165) is 19.0 Å². The molecule has 19 heavy (non-hydrogen) atoms. The van der Waals surface area contributed by atoms with E-state index in [0.29, 0.717) is 0 Å². The quantitative estimate of drug-likeness (QED) is 0.844. The minimum Gasteiger partial charge on any atom is -0.317 e. The molecule has 2 rings (SSSR count). The fourth-order valence-electron chi connectivity index (χ4n) is 2.73. The van der Waals surface area contributed by atoms with Crippen LogP contribution < -0.4 is 5.32 Å². The summed E-state index contributed by atoms with van der Waals surface area (Å²) >= 11 is 0. The van der Waals surface area contributed by atoms with Crippen molar-refractivity contribution in [2.45, 2.75) is 19.8 Å². The van der Waals surface area contributed by atoms with Crippen LogP contribution in [0.4, 0.5) is 0 Å². The van der Waals surface area contributed by atoms with E-state index >= 15 is 0 Å². The van der Waals surface area contributed by atoms with E-state index in [-0.39, 0.29) is 0 Å². The molecule has 0 bridgehead atoms. The molecule has 0 amide bonds. The van der Waals surface area contributed by atoms with Crippen LogP contribution in [0.5, 0.6) is 0 Å². The highest BCUT2D eigenvalue weighted by atomic mass is 15.1. The molecule has 0 aromatic heterocycles. The van der Waals surface area contributed by atoms with Crippen molar-refractivity contribution in [1.29, 1.82) is 0 Å². The van der Waals surface area contributed by atoms with Gasteiger partial charge in [-0.1, -0.05) is 49.4 Å². The monoisotopic (exact) mass is 258 g/mol. The number of hydrogen-bond acceptors (Lipinski definition) is 2. The minimum absolute atomic E-state index is 0.832. The molecular formula is C17H26N2. The Labute approximate surface area is 117 Å². The van der Waals surface area contributed by atoms with Crippen molar-refractivity contribution in [3.8, 4) is 0 Å². The summed E-state index contributed by atoms with van der Waals surface area (Å²) in [5, 5.41) is 3.48. The molecule has 1 N–H and O–H groups in total. The Balaban J connectivity index is 1.74. The molecule has 1 heterocycles. The highest BCUT2D eigenvalue weighted by molar-refractivity contribution is 5.48. The Morgan fingerprint density at radius 1 is 1.32 bits per heavy atom. The van der Waals surface area contributed by atoms with Crippen molar-refractivity contribution in [2.24, 2.45) is 5.92 Å². The number of benzene rings is 1. The third-order valence-corrected chi connectivity index (χ3v) is 3.76. The van der Waals surface area contributed by atoms with Crippen molar-refractivity contribution >= 4 is 6.08 Å². The molecule has 0 saturated carbocycles. The van der Waals surface area contributed by atoms with Crippen molar-refractivity contribution in [3.05, 3.63) is 42.0 Å². The van der Waals surface area contributed by atoms with Gasteiger partial charge in [0.05, 0.1) is 0 Å². The van der Waals surface area contributed by atoms with E-state index in [4.69, 9.17) is 0 Å². The molecule has 1 unspecified atom stereocenters. The van der Waals surface area contributed by atoms with Crippen LogP contribution in [0.2, 0.25) is 0 Å². The van der Waals surface area contributed by atoms with Gasteiger partial charge in [-0.3, -0.25) is 4.90 Å². The molecule has 2 heteroatoms. The Bertz CT molecular complexity index is 372. The number of hydrogen-bond donors (Lipinski definition) is 1. The van der Waals surface area contributed by atoms with Gasteiger partial charge in [-0.05, 0) is 44.0 Å². The average Bonchev–Trinajstić information content (AvgIpc) is 2.47. The van der Waals surface area contributed by atoms with E-state index in [1.165, 1.54) is 38.0 Å². The third-order valence-electron chi connectivity index (χ3n) is 3.76. The molecule has 1 saturated heterocycles. The van der Waals surface area contributed by atoms with E-state index in [1.807, 2.05) is 0 Å². The van der Waals surface area contributed by atoms with Gasteiger partial charge in [0, 0.05) is 13.1 Å². The number of nitrogens with one attached hydrogen (secondary N) is 1. The lowest BCUT2D eigenvalue weighted by Gasteiger charge is -2.32. The van der Waals surface area contributed by atoms with E-state index in [2.05, 4.69) is 59.6 Å². The van der Waals surface area contributed by atoms with Gasteiger partial charge >= 0.3 is 0 Å². The predicted molar refractivity (Wildman–Crippen MR) is 83.2 cm³/mol. The first-order chi connectivity index (χ1) is 9.38. The van der Waals surface area contributed by atoms with Gasteiger partial charge in [0.2, 0.25) is 0 Å². The molecule has 0 spiro atoms. The first-order valence-electron chi connectivity index (χ1n) is 7.53. The fourth-order valence-corrected chi connectivity index (χ4v) is 2.73. The zero-order chi connectivity index (χ0) is 13.3. The largest absolute Gasteiger partial charge is 0.317 e. The second-order valence-electron chi connectivity index (χ2n) is 5.39. The van der Waals surface area contributed by atoms with E-state index < -0.39 is 0 Å². The van der Waals surface area contributed by atoms with Gasteiger partial charge in [-0.25, -0.2) is 0 Å². The fraction of sp³-hybridized carbons (Fsp3) is 0.529. The third kappa shape index (κ3) is 5.17. The Kier molecular flexibility index (Phi) is 6.12. The Hall–Kier alpha value is -1.12. The second kappa shape index (κ2) is 8.13. The molecule has 1 fully saturated rings. The molecule has 0 aliphatic carbocycles. The maximum atomic E-state index is 3.48.